The summed E-state index contributed by atoms with van der Waals surface area (Å²) in [4.78, 5) is 38.2. The number of halogens is 1. The molecular formula is C29H37FN2O6. The van der Waals surface area contributed by atoms with Crippen LogP contribution in [0, 0.1) is 11.3 Å². The molecule has 0 aromatic heterocycles. The van der Waals surface area contributed by atoms with Gasteiger partial charge in [0, 0.05) is 0 Å². The summed E-state index contributed by atoms with van der Waals surface area (Å²) >= 11 is 0. The molecule has 4 atom stereocenters. The number of nitrogens with one attached hydrogen (secondary N) is 2. The second-order valence-electron chi connectivity index (χ2n) is 10.6. The second-order valence-corrected chi connectivity index (χ2v) is 10.6. The Hall–Kier alpha value is -3.30. The molecule has 2 aromatic rings. The van der Waals surface area contributed by atoms with Crippen LogP contribution in [0.3, 0.4) is 0 Å². The Morgan fingerprint density at radius 3 is 2.34 bits per heavy atom. The van der Waals surface area contributed by atoms with Crippen molar-refractivity contribution in [2.24, 2.45) is 11.3 Å². The molecule has 206 valence electrons. The SMILES string of the molecule is CCOC(=O)[C@@]1(F)NCCC1C(=O)[C@H](Cc1ccc(OCc2ccccc2)cc1)NC(C(=O)O)C(C)(C)C. The third kappa shape index (κ3) is 7.17. The maximum absolute atomic E-state index is 15.7. The first-order chi connectivity index (χ1) is 18.0. The van der Waals surface area contributed by atoms with E-state index in [1.807, 2.05) is 30.3 Å². The number of rotatable bonds is 12. The number of hydrogen-bond donors (Lipinski definition) is 3. The fourth-order valence-electron chi connectivity index (χ4n) is 4.59. The highest BCUT2D eigenvalue weighted by Crippen LogP contribution is 2.33. The van der Waals surface area contributed by atoms with Gasteiger partial charge >= 0.3 is 11.9 Å². The first-order valence-electron chi connectivity index (χ1n) is 12.8. The van der Waals surface area contributed by atoms with Crippen LogP contribution in [0.25, 0.3) is 0 Å². The smallest absolute Gasteiger partial charge is 0.360 e. The molecule has 8 nitrogen and oxygen atoms in total. The summed E-state index contributed by atoms with van der Waals surface area (Å²) in [7, 11) is 0. The number of hydrogen-bond acceptors (Lipinski definition) is 7. The molecule has 1 aliphatic heterocycles. The Balaban J connectivity index is 1.82. The molecule has 0 radical (unpaired) electrons. The lowest BCUT2D eigenvalue weighted by molar-refractivity contribution is -0.165. The number of carbonyl (C=O) groups excluding carboxylic acids is 2. The van der Waals surface area contributed by atoms with Crippen LogP contribution >= 0.6 is 0 Å². The maximum Gasteiger partial charge on any atom is 0.360 e. The van der Waals surface area contributed by atoms with E-state index in [1.165, 1.54) is 0 Å². The van der Waals surface area contributed by atoms with E-state index >= 15 is 4.39 Å². The molecule has 0 saturated carbocycles. The summed E-state index contributed by atoms with van der Waals surface area (Å²) in [5.41, 5.74) is 1.02. The Morgan fingerprint density at radius 1 is 1.11 bits per heavy atom. The van der Waals surface area contributed by atoms with Gasteiger partial charge in [-0.15, -0.1) is 0 Å². The average molecular weight is 529 g/mol. The summed E-state index contributed by atoms with van der Waals surface area (Å²) in [5, 5.41) is 15.3. The highest BCUT2D eigenvalue weighted by molar-refractivity contribution is 5.94. The van der Waals surface area contributed by atoms with Crippen LogP contribution in [-0.4, -0.2) is 53.9 Å². The Morgan fingerprint density at radius 2 is 1.76 bits per heavy atom. The molecule has 1 fully saturated rings. The van der Waals surface area contributed by atoms with Crippen LogP contribution < -0.4 is 15.4 Å². The van der Waals surface area contributed by atoms with E-state index < -0.39 is 46.9 Å². The second kappa shape index (κ2) is 12.5. The van der Waals surface area contributed by atoms with E-state index in [4.69, 9.17) is 9.47 Å². The molecule has 38 heavy (non-hydrogen) atoms. The van der Waals surface area contributed by atoms with Crippen molar-refractivity contribution in [1.29, 1.82) is 0 Å². The lowest BCUT2D eigenvalue weighted by Gasteiger charge is -2.33. The lowest BCUT2D eigenvalue weighted by atomic mass is 9.83. The molecule has 2 aromatic carbocycles. The zero-order chi connectivity index (χ0) is 27.9. The third-order valence-corrected chi connectivity index (χ3v) is 6.65. The van der Waals surface area contributed by atoms with Gasteiger partial charge < -0.3 is 14.6 Å². The van der Waals surface area contributed by atoms with Crippen LogP contribution in [0.4, 0.5) is 4.39 Å². The Bertz CT molecular complexity index is 1100. The van der Waals surface area contributed by atoms with Crippen molar-refractivity contribution in [2.45, 2.75) is 65.0 Å². The van der Waals surface area contributed by atoms with Gasteiger partial charge in [-0.1, -0.05) is 63.2 Å². The molecule has 2 unspecified atom stereocenters. The fourth-order valence-corrected chi connectivity index (χ4v) is 4.59. The molecule has 0 aliphatic carbocycles. The van der Waals surface area contributed by atoms with Crippen LogP contribution in [0.1, 0.15) is 45.2 Å². The zero-order valence-corrected chi connectivity index (χ0v) is 22.3. The largest absolute Gasteiger partial charge is 0.489 e. The first-order valence-corrected chi connectivity index (χ1v) is 12.8. The first kappa shape index (κ1) is 29.3. The number of carboxylic acids is 1. The van der Waals surface area contributed by atoms with Crippen molar-refractivity contribution in [3.8, 4) is 5.75 Å². The average Bonchev–Trinajstić information content (AvgIpc) is 3.28. The predicted octanol–water partition coefficient (Wildman–Crippen LogP) is 3.67. The van der Waals surface area contributed by atoms with Crippen LogP contribution in [0.5, 0.6) is 5.75 Å². The van der Waals surface area contributed by atoms with Gasteiger partial charge in [0.05, 0.1) is 18.6 Å². The normalized spacial score (nSPS) is 20.9. The summed E-state index contributed by atoms with van der Waals surface area (Å²) < 4.78 is 26.5. The lowest BCUT2D eigenvalue weighted by Crippen LogP contribution is -2.58. The van der Waals surface area contributed by atoms with E-state index in [1.54, 1.807) is 52.0 Å². The van der Waals surface area contributed by atoms with E-state index in [2.05, 4.69) is 10.6 Å². The quantitative estimate of drug-likeness (QED) is 0.283. The molecule has 3 N–H and O–H groups in total. The van der Waals surface area contributed by atoms with Crippen molar-refractivity contribution in [1.82, 2.24) is 10.6 Å². The number of aliphatic carboxylic acids is 1. The van der Waals surface area contributed by atoms with Gasteiger partial charge in [-0.25, -0.2) is 9.18 Å². The molecule has 0 amide bonds. The topological polar surface area (TPSA) is 114 Å². The Kier molecular flexibility index (Phi) is 9.62. The van der Waals surface area contributed by atoms with Crippen LogP contribution in [-0.2, 0) is 32.1 Å². The minimum Gasteiger partial charge on any atom is -0.489 e. The van der Waals surface area contributed by atoms with Gasteiger partial charge in [0.2, 0.25) is 0 Å². The molecule has 1 aliphatic rings. The summed E-state index contributed by atoms with van der Waals surface area (Å²) in [6.45, 7) is 7.28. The number of ether oxygens (including phenoxy) is 2. The van der Waals surface area contributed by atoms with Gasteiger partial charge in [0.15, 0.2) is 5.78 Å². The van der Waals surface area contributed by atoms with Gasteiger partial charge in [-0.2, -0.15) is 0 Å². The number of carboxylic acid groups (broad SMARTS) is 1. The Labute approximate surface area is 222 Å². The molecule has 1 heterocycles. The van der Waals surface area contributed by atoms with E-state index in [0.717, 1.165) is 11.1 Å². The minimum absolute atomic E-state index is 0.0292. The highest BCUT2D eigenvalue weighted by atomic mass is 19.1. The van der Waals surface area contributed by atoms with Crippen LogP contribution in [0.2, 0.25) is 0 Å². The van der Waals surface area contributed by atoms with Gasteiger partial charge in [0.1, 0.15) is 18.4 Å². The van der Waals surface area contributed by atoms with E-state index in [0.29, 0.717) is 12.4 Å². The van der Waals surface area contributed by atoms with Crippen molar-refractivity contribution >= 4 is 17.7 Å². The van der Waals surface area contributed by atoms with E-state index in [-0.39, 0.29) is 26.0 Å². The monoisotopic (exact) mass is 528 g/mol. The molecule has 0 spiro atoms. The van der Waals surface area contributed by atoms with Crippen molar-refractivity contribution in [3.63, 3.8) is 0 Å². The van der Waals surface area contributed by atoms with Gasteiger partial charge in [0.25, 0.3) is 5.79 Å². The minimum atomic E-state index is -2.66. The van der Waals surface area contributed by atoms with Crippen molar-refractivity contribution < 1.29 is 33.4 Å². The van der Waals surface area contributed by atoms with Crippen molar-refractivity contribution in [3.05, 3.63) is 65.7 Å². The van der Waals surface area contributed by atoms with Crippen molar-refractivity contribution in [2.75, 3.05) is 13.2 Å². The number of ketones is 1. The number of Topliss-reactive ketones (excluding diaryl/α,β-unsaturated/α-hetero) is 1. The number of carbonyl (C=O) groups is 3. The predicted molar refractivity (Wildman–Crippen MR) is 140 cm³/mol. The maximum atomic E-state index is 15.7. The van der Waals surface area contributed by atoms with E-state index in [9.17, 15) is 19.5 Å². The molecule has 9 heteroatoms. The number of esters is 1. The fraction of sp³-hybridized carbons (Fsp3) is 0.483. The summed E-state index contributed by atoms with van der Waals surface area (Å²) in [5.74, 6) is -6.19. The number of alkyl halides is 1. The standard InChI is InChI=1S/C29H37FN2O6/c1-5-37-27(36)29(30)22(15-16-31-29)24(33)23(32-25(26(34)35)28(2,3)4)17-19-11-13-21(14-12-19)38-18-20-9-7-6-8-10-20/h6-14,22-23,25,31-32H,5,15-18H2,1-4H3,(H,34,35)/t22?,23-,25?,29-/m0/s1. The van der Waals surface area contributed by atoms with Crippen LogP contribution in [0.15, 0.2) is 54.6 Å². The zero-order valence-electron chi connectivity index (χ0n) is 22.3. The highest BCUT2D eigenvalue weighted by Gasteiger charge is 2.55. The molecular weight excluding hydrogens is 491 g/mol. The van der Waals surface area contributed by atoms with Gasteiger partial charge in [-0.3, -0.25) is 20.2 Å². The molecule has 1 saturated heterocycles. The molecule has 0 bridgehead atoms. The number of benzene rings is 2. The summed E-state index contributed by atoms with van der Waals surface area (Å²) in [6, 6.07) is 14.7. The third-order valence-electron chi connectivity index (χ3n) is 6.65. The summed E-state index contributed by atoms with van der Waals surface area (Å²) in [6.07, 6.45) is 0.193. The van der Waals surface area contributed by atoms with Gasteiger partial charge in [-0.05, 0) is 55.0 Å². The molecule has 3 rings (SSSR count).